The lowest BCUT2D eigenvalue weighted by Gasteiger charge is -2.13. The Kier molecular flexibility index (Phi) is 6.31. The van der Waals surface area contributed by atoms with E-state index < -0.39 is 17.7 Å². The van der Waals surface area contributed by atoms with Crippen molar-refractivity contribution in [3.63, 3.8) is 0 Å². The van der Waals surface area contributed by atoms with Crippen molar-refractivity contribution in [1.82, 2.24) is 4.98 Å². The normalized spacial score (nSPS) is 11.5. The Labute approximate surface area is 188 Å². The van der Waals surface area contributed by atoms with Gasteiger partial charge in [-0.05, 0) is 52.9 Å². The number of benzene rings is 3. The second-order valence-corrected chi connectivity index (χ2v) is 7.59. The maximum Gasteiger partial charge on any atom is 0.418 e. The number of carboxylic acids is 1. The fraction of sp³-hybridized carbons (Fsp3) is 0.154. The van der Waals surface area contributed by atoms with Gasteiger partial charge >= 0.3 is 12.1 Å². The number of fused-ring (bicyclic) bond motifs is 1. The van der Waals surface area contributed by atoms with Gasteiger partial charge in [0.25, 0.3) is 0 Å². The number of rotatable bonds is 7. The second-order valence-electron chi connectivity index (χ2n) is 7.59. The minimum atomic E-state index is -4.49. The predicted octanol–water partition coefficient (Wildman–Crippen LogP) is 6.52. The monoisotopic (exact) mass is 451 g/mol. The molecule has 4 aromatic rings. The zero-order chi connectivity index (χ0) is 23.4. The first kappa shape index (κ1) is 22.3. The Balaban J connectivity index is 1.58. The SMILES string of the molecule is O=C(O)CCc1cccc(COc2cccc(-c3ccnc4c(C(F)(F)F)cccc34)c2)c1. The zero-order valence-electron chi connectivity index (χ0n) is 17.5. The number of aryl methyl sites for hydroxylation is 1. The highest BCUT2D eigenvalue weighted by Crippen LogP contribution is 2.37. The maximum absolute atomic E-state index is 13.4. The maximum atomic E-state index is 13.4. The summed E-state index contributed by atoms with van der Waals surface area (Å²) < 4.78 is 46.1. The average molecular weight is 451 g/mol. The van der Waals surface area contributed by atoms with Crippen molar-refractivity contribution in [3.05, 3.63) is 95.7 Å². The molecule has 3 aromatic carbocycles. The molecule has 0 amide bonds. The van der Waals surface area contributed by atoms with E-state index >= 15 is 0 Å². The molecule has 0 fully saturated rings. The predicted molar refractivity (Wildman–Crippen MR) is 119 cm³/mol. The summed E-state index contributed by atoms with van der Waals surface area (Å²) in [7, 11) is 0. The lowest BCUT2D eigenvalue weighted by Crippen LogP contribution is -2.06. The third-order valence-corrected chi connectivity index (χ3v) is 5.25. The van der Waals surface area contributed by atoms with E-state index in [0.717, 1.165) is 22.8 Å². The van der Waals surface area contributed by atoms with Crippen LogP contribution < -0.4 is 4.74 Å². The van der Waals surface area contributed by atoms with Crippen molar-refractivity contribution < 1.29 is 27.8 Å². The van der Waals surface area contributed by atoms with Gasteiger partial charge in [-0.25, -0.2) is 0 Å². The number of nitrogens with zero attached hydrogens (tertiary/aromatic N) is 1. The molecule has 1 aromatic heterocycles. The second kappa shape index (κ2) is 9.32. The summed E-state index contributed by atoms with van der Waals surface area (Å²) in [5.41, 5.74) is 2.30. The first-order chi connectivity index (χ1) is 15.8. The van der Waals surface area contributed by atoms with Gasteiger partial charge in [-0.1, -0.05) is 48.5 Å². The van der Waals surface area contributed by atoms with Gasteiger partial charge in [-0.2, -0.15) is 13.2 Å². The van der Waals surface area contributed by atoms with Crippen molar-refractivity contribution >= 4 is 16.9 Å². The number of carboxylic acid groups (broad SMARTS) is 1. The van der Waals surface area contributed by atoms with Crippen LogP contribution in [0.2, 0.25) is 0 Å². The van der Waals surface area contributed by atoms with Gasteiger partial charge in [-0.3, -0.25) is 9.78 Å². The Morgan fingerprint density at radius 2 is 1.70 bits per heavy atom. The zero-order valence-corrected chi connectivity index (χ0v) is 17.5. The molecule has 0 aliphatic rings. The molecule has 0 atom stereocenters. The van der Waals surface area contributed by atoms with Gasteiger partial charge in [-0.15, -0.1) is 0 Å². The number of halogens is 3. The van der Waals surface area contributed by atoms with E-state index in [4.69, 9.17) is 9.84 Å². The molecule has 0 aliphatic heterocycles. The molecule has 1 N–H and O–H groups in total. The lowest BCUT2D eigenvalue weighted by atomic mass is 9.99. The fourth-order valence-electron chi connectivity index (χ4n) is 3.70. The number of alkyl halides is 3. The first-order valence-electron chi connectivity index (χ1n) is 10.3. The quantitative estimate of drug-likeness (QED) is 0.348. The van der Waals surface area contributed by atoms with E-state index in [1.165, 1.54) is 12.3 Å². The molecule has 0 unspecified atom stereocenters. The van der Waals surface area contributed by atoms with Crippen LogP contribution in [0.25, 0.3) is 22.0 Å². The number of ether oxygens (including phenoxy) is 1. The summed E-state index contributed by atoms with van der Waals surface area (Å²) in [4.78, 5) is 14.8. The summed E-state index contributed by atoms with van der Waals surface area (Å²) in [5.74, 6) is -0.278. The van der Waals surface area contributed by atoms with E-state index in [1.807, 2.05) is 30.3 Å². The minimum Gasteiger partial charge on any atom is -0.489 e. The highest BCUT2D eigenvalue weighted by Gasteiger charge is 2.33. The topological polar surface area (TPSA) is 59.4 Å². The molecule has 168 valence electrons. The molecule has 0 aliphatic carbocycles. The molecule has 0 radical (unpaired) electrons. The largest absolute Gasteiger partial charge is 0.489 e. The number of carbonyl (C=O) groups is 1. The number of para-hydroxylation sites is 1. The molecule has 1 heterocycles. The molecule has 0 saturated carbocycles. The van der Waals surface area contributed by atoms with E-state index in [1.54, 1.807) is 30.3 Å². The number of aromatic nitrogens is 1. The smallest absolute Gasteiger partial charge is 0.418 e. The number of aliphatic carboxylic acids is 1. The molecular formula is C26H20F3NO3. The van der Waals surface area contributed by atoms with Crippen LogP contribution in [0.15, 0.2) is 79.0 Å². The molecule has 0 spiro atoms. The van der Waals surface area contributed by atoms with Gasteiger partial charge in [0.15, 0.2) is 0 Å². The van der Waals surface area contributed by atoms with Crippen molar-refractivity contribution in [2.75, 3.05) is 0 Å². The number of pyridine rings is 1. The Hall–Kier alpha value is -3.87. The van der Waals surface area contributed by atoms with Crippen molar-refractivity contribution in [2.24, 2.45) is 0 Å². The van der Waals surface area contributed by atoms with E-state index in [-0.39, 0.29) is 18.5 Å². The Bertz CT molecular complexity index is 1300. The Morgan fingerprint density at radius 3 is 2.48 bits per heavy atom. The molecular weight excluding hydrogens is 431 g/mol. The van der Waals surface area contributed by atoms with Crippen LogP contribution in [0.1, 0.15) is 23.1 Å². The third kappa shape index (κ3) is 5.31. The third-order valence-electron chi connectivity index (χ3n) is 5.25. The average Bonchev–Trinajstić information content (AvgIpc) is 2.80. The lowest BCUT2D eigenvalue weighted by molar-refractivity contribution is -0.137. The van der Waals surface area contributed by atoms with E-state index in [9.17, 15) is 18.0 Å². The van der Waals surface area contributed by atoms with Gasteiger partial charge in [0.2, 0.25) is 0 Å². The standard InChI is InChI=1S/C26H20F3NO3/c27-26(28,29)23-9-3-8-22-21(12-13-30-25(22)23)19-6-2-7-20(15-19)33-16-18-5-1-4-17(14-18)10-11-24(31)32/h1-9,12-15H,10-11,16H2,(H,31,32). The number of hydrogen-bond donors (Lipinski definition) is 1. The molecule has 4 rings (SSSR count). The summed E-state index contributed by atoms with van der Waals surface area (Å²) in [6.07, 6.45) is -2.62. The Morgan fingerprint density at radius 1 is 0.939 bits per heavy atom. The summed E-state index contributed by atoms with van der Waals surface area (Å²) in [5, 5.41) is 9.27. The number of hydrogen-bond acceptors (Lipinski definition) is 3. The molecule has 0 bridgehead atoms. The summed E-state index contributed by atoms with van der Waals surface area (Å²) >= 11 is 0. The van der Waals surface area contributed by atoms with Gasteiger partial charge in [0.05, 0.1) is 11.1 Å². The molecule has 7 heteroatoms. The fourth-order valence-corrected chi connectivity index (χ4v) is 3.70. The van der Waals surface area contributed by atoms with Crippen LogP contribution in [0.5, 0.6) is 5.75 Å². The summed E-state index contributed by atoms with van der Waals surface area (Å²) in [6.45, 7) is 0.277. The van der Waals surface area contributed by atoms with Crippen molar-refractivity contribution in [3.8, 4) is 16.9 Å². The molecule has 33 heavy (non-hydrogen) atoms. The van der Waals surface area contributed by atoms with Crippen LogP contribution in [0, 0.1) is 0 Å². The highest BCUT2D eigenvalue weighted by molar-refractivity contribution is 5.96. The highest BCUT2D eigenvalue weighted by atomic mass is 19.4. The van der Waals surface area contributed by atoms with E-state index in [2.05, 4.69) is 4.98 Å². The summed E-state index contributed by atoms with van der Waals surface area (Å²) in [6, 6.07) is 20.4. The molecule has 0 saturated heterocycles. The van der Waals surface area contributed by atoms with Crippen LogP contribution in [-0.4, -0.2) is 16.1 Å². The van der Waals surface area contributed by atoms with Crippen LogP contribution in [0.3, 0.4) is 0 Å². The van der Waals surface area contributed by atoms with Crippen LogP contribution >= 0.6 is 0 Å². The van der Waals surface area contributed by atoms with Gasteiger partial charge in [0, 0.05) is 18.0 Å². The van der Waals surface area contributed by atoms with Crippen molar-refractivity contribution in [1.29, 1.82) is 0 Å². The van der Waals surface area contributed by atoms with Crippen LogP contribution in [0.4, 0.5) is 13.2 Å². The van der Waals surface area contributed by atoms with Crippen molar-refractivity contribution in [2.45, 2.75) is 25.6 Å². The van der Waals surface area contributed by atoms with Gasteiger partial charge in [0.1, 0.15) is 12.4 Å². The first-order valence-corrected chi connectivity index (χ1v) is 10.3. The van der Waals surface area contributed by atoms with E-state index in [0.29, 0.717) is 23.1 Å². The van der Waals surface area contributed by atoms with Gasteiger partial charge < -0.3 is 9.84 Å². The van der Waals surface area contributed by atoms with Crippen LogP contribution in [-0.2, 0) is 24.0 Å². The molecule has 4 nitrogen and oxygen atoms in total. The minimum absolute atomic E-state index is 0.0578.